The van der Waals surface area contributed by atoms with Gasteiger partial charge in [0.05, 0.1) is 11.5 Å². The molecule has 0 aliphatic rings. The first kappa shape index (κ1) is 11.4. The number of hydrogen-bond donors (Lipinski definition) is 3. The zero-order chi connectivity index (χ0) is 9.78. The Balaban J connectivity index is 3.69. The Kier molecular flexibility index (Phi) is 4.20. The lowest BCUT2D eigenvalue weighted by Gasteiger charge is -2.19. The second-order valence-corrected chi connectivity index (χ2v) is 3.67. The summed E-state index contributed by atoms with van der Waals surface area (Å²) in [5.41, 5.74) is -0.769. The van der Waals surface area contributed by atoms with E-state index in [9.17, 15) is 4.79 Å². The molecule has 0 bridgehead atoms. The number of aliphatic hydroxyl groups excluding tert-OH is 1. The highest BCUT2D eigenvalue weighted by Gasteiger charge is 2.26. The molecule has 0 fully saturated rings. The monoisotopic (exact) mass is 175 g/mol. The van der Waals surface area contributed by atoms with Gasteiger partial charge in [0.15, 0.2) is 0 Å². The van der Waals surface area contributed by atoms with Crippen LogP contribution in [-0.4, -0.2) is 35.4 Å². The summed E-state index contributed by atoms with van der Waals surface area (Å²) in [6, 6.07) is 0. The van der Waals surface area contributed by atoms with Gasteiger partial charge in [-0.15, -0.1) is 0 Å². The van der Waals surface area contributed by atoms with Crippen LogP contribution in [0.15, 0.2) is 0 Å². The van der Waals surface area contributed by atoms with Crippen LogP contribution in [0.3, 0.4) is 0 Å². The number of hydrogen-bond acceptors (Lipinski definition) is 3. The van der Waals surface area contributed by atoms with Gasteiger partial charge in [0.2, 0.25) is 0 Å². The van der Waals surface area contributed by atoms with Crippen molar-refractivity contribution in [3.63, 3.8) is 0 Å². The van der Waals surface area contributed by atoms with E-state index in [-0.39, 0.29) is 0 Å². The van der Waals surface area contributed by atoms with Crippen LogP contribution in [0.4, 0.5) is 0 Å². The molecule has 0 saturated carbocycles. The first-order chi connectivity index (χ1) is 5.36. The predicted octanol–water partition coefficient (Wildman–Crippen LogP) is 0.0676. The van der Waals surface area contributed by atoms with Gasteiger partial charge >= 0.3 is 5.97 Å². The highest BCUT2D eigenvalue weighted by atomic mass is 16.4. The predicted molar refractivity (Wildman–Crippen MR) is 46.0 cm³/mol. The van der Waals surface area contributed by atoms with Crippen LogP contribution in [0.1, 0.15) is 20.8 Å². The molecule has 12 heavy (non-hydrogen) atoms. The third kappa shape index (κ3) is 4.31. The molecule has 0 saturated heterocycles. The maximum atomic E-state index is 10.6. The van der Waals surface area contributed by atoms with Gasteiger partial charge in [-0.25, -0.2) is 0 Å². The molecule has 0 aliphatic carbocycles. The number of nitrogens with one attached hydrogen (secondary N) is 1. The highest BCUT2D eigenvalue weighted by molar-refractivity contribution is 5.73. The number of aliphatic carboxylic acids is 1. The molecule has 0 aliphatic heterocycles. The van der Waals surface area contributed by atoms with Gasteiger partial charge in [-0.3, -0.25) is 4.79 Å². The average molecular weight is 175 g/mol. The molecule has 0 aromatic carbocycles. The molecule has 4 nitrogen and oxygen atoms in total. The smallest absolute Gasteiger partial charge is 0.310 e. The van der Waals surface area contributed by atoms with Crippen LogP contribution < -0.4 is 5.32 Å². The number of carbonyl (C=O) groups is 1. The van der Waals surface area contributed by atoms with Crippen molar-refractivity contribution < 1.29 is 15.0 Å². The minimum Gasteiger partial charge on any atom is -0.481 e. The van der Waals surface area contributed by atoms with Crippen LogP contribution in [0.5, 0.6) is 0 Å². The summed E-state index contributed by atoms with van der Waals surface area (Å²) >= 11 is 0. The SMILES string of the molecule is CC(O)CNCC(C)(C)C(=O)O. The topological polar surface area (TPSA) is 69.6 Å². The van der Waals surface area contributed by atoms with Gasteiger partial charge in [0.25, 0.3) is 0 Å². The van der Waals surface area contributed by atoms with Crippen molar-refractivity contribution in [2.24, 2.45) is 5.41 Å². The molecule has 0 aromatic rings. The summed E-state index contributed by atoms with van der Waals surface area (Å²) in [7, 11) is 0. The van der Waals surface area contributed by atoms with Crippen molar-refractivity contribution in [3.8, 4) is 0 Å². The van der Waals surface area contributed by atoms with E-state index in [0.717, 1.165) is 0 Å². The summed E-state index contributed by atoms with van der Waals surface area (Å²) < 4.78 is 0. The Hall–Kier alpha value is -0.610. The first-order valence-electron chi connectivity index (χ1n) is 3.98. The van der Waals surface area contributed by atoms with Gasteiger partial charge in [-0.2, -0.15) is 0 Å². The van der Waals surface area contributed by atoms with E-state index in [2.05, 4.69) is 5.32 Å². The van der Waals surface area contributed by atoms with E-state index in [0.29, 0.717) is 13.1 Å². The Morgan fingerprint density at radius 1 is 1.58 bits per heavy atom. The molecule has 1 unspecified atom stereocenters. The number of rotatable bonds is 5. The van der Waals surface area contributed by atoms with Crippen molar-refractivity contribution in [2.45, 2.75) is 26.9 Å². The van der Waals surface area contributed by atoms with Crippen molar-refractivity contribution in [2.75, 3.05) is 13.1 Å². The molecule has 0 heterocycles. The van der Waals surface area contributed by atoms with Gasteiger partial charge in [-0.1, -0.05) is 0 Å². The fourth-order valence-corrected chi connectivity index (χ4v) is 0.669. The lowest BCUT2D eigenvalue weighted by Crippen LogP contribution is -2.38. The third-order valence-electron chi connectivity index (χ3n) is 1.59. The van der Waals surface area contributed by atoms with Crippen LogP contribution in [-0.2, 0) is 4.79 Å². The minimum absolute atomic E-state index is 0.368. The summed E-state index contributed by atoms with van der Waals surface area (Å²) in [6.45, 7) is 5.74. The van der Waals surface area contributed by atoms with E-state index < -0.39 is 17.5 Å². The summed E-state index contributed by atoms with van der Waals surface area (Å²) in [5.74, 6) is -0.833. The number of carboxylic acids is 1. The van der Waals surface area contributed by atoms with Crippen molar-refractivity contribution >= 4 is 5.97 Å². The van der Waals surface area contributed by atoms with Gasteiger partial charge in [-0.05, 0) is 20.8 Å². The van der Waals surface area contributed by atoms with E-state index in [1.807, 2.05) is 0 Å². The molecule has 0 radical (unpaired) electrons. The maximum Gasteiger partial charge on any atom is 0.310 e. The highest BCUT2D eigenvalue weighted by Crippen LogP contribution is 2.12. The summed E-state index contributed by atoms with van der Waals surface area (Å²) in [6.07, 6.45) is -0.436. The molecule has 0 rings (SSSR count). The van der Waals surface area contributed by atoms with Crippen molar-refractivity contribution in [3.05, 3.63) is 0 Å². The average Bonchev–Trinajstić information content (AvgIpc) is 1.85. The standard InChI is InChI=1S/C8H17NO3/c1-6(10)4-9-5-8(2,3)7(11)12/h6,9-10H,4-5H2,1-3H3,(H,11,12). The van der Waals surface area contributed by atoms with E-state index in [4.69, 9.17) is 10.2 Å². The van der Waals surface area contributed by atoms with Crippen LogP contribution in [0, 0.1) is 5.41 Å². The second-order valence-electron chi connectivity index (χ2n) is 3.67. The van der Waals surface area contributed by atoms with Gasteiger partial charge < -0.3 is 15.5 Å². The van der Waals surface area contributed by atoms with Crippen LogP contribution in [0.25, 0.3) is 0 Å². The molecule has 4 heteroatoms. The molecule has 0 spiro atoms. The zero-order valence-corrected chi connectivity index (χ0v) is 7.79. The zero-order valence-electron chi connectivity index (χ0n) is 7.79. The fourth-order valence-electron chi connectivity index (χ4n) is 0.669. The maximum absolute atomic E-state index is 10.6. The molecule has 1 atom stereocenters. The van der Waals surface area contributed by atoms with Crippen LogP contribution in [0.2, 0.25) is 0 Å². The molecular formula is C8H17NO3. The summed E-state index contributed by atoms with van der Waals surface area (Å²) in [4.78, 5) is 10.6. The lowest BCUT2D eigenvalue weighted by molar-refractivity contribution is -0.146. The second kappa shape index (κ2) is 4.42. The third-order valence-corrected chi connectivity index (χ3v) is 1.59. The van der Waals surface area contributed by atoms with E-state index in [1.165, 1.54) is 0 Å². The Bertz CT molecular complexity index is 154. The van der Waals surface area contributed by atoms with Gasteiger partial charge in [0.1, 0.15) is 0 Å². The summed E-state index contributed by atoms with van der Waals surface area (Å²) in [5, 5.41) is 20.5. The number of carboxylic acid groups (broad SMARTS) is 1. The van der Waals surface area contributed by atoms with E-state index in [1.54, 1.807) is 20.8 Å². The first-order valence-corrected chi connectivity index (χ1v) is 3.98. The van der Waals surface area contributed by atoms with Crippen molar-refractivity contribution in [1.82, 2.24) is 5.32 Å². The quantitative estimate of drug-likeness (QED) is 0.553. The Labute approximate surface area is 72.6 Å². The van der Waals surface area contributed by atoms with Crippen molar-refractivity contribution in [1.29, 1.82) is 0 Å². The molecule has 72 valence electrons. The molecular weight excluding hydrogens is 158 g/mol. The molecule has 0 amide bonds. The molecule has 3 N–H and O–H groups in total. The van der Waals surface area contributed by atoms with Crippen LogP contribution >= 0.6 is 0 Å². The minimum atomic E-state index is -0.833. The normalized spacial score (nSPS) is 14.3. The fraction of sp³-hybridized carbons (Fsp3) is 0.875. The Morgan fingerprint density at radius 2 is 2.08 bits per heavy atom. The number of aliphatic hydroxyl groups is 1. The van der Waals surface area contributed by atoms with E-state index >= 15 is 0 Å². The Morgan fingerprint density at radius 3 is 2.42 bits per heavy atom. The largest absolute Gasteiger partial charge is 0.481 e. The lowest BCUT2D eigenvalue weighted by atomic mass is 9.94. The molecule has 0 aromatic heterocycles. The van der Waals surface area contributed by atoms with Gasteiger partial charge in [0, 0.05) is 13.1 Å².